The van der Waals surface area contributed by atoms with E-state index in [0.717, 1.165) is 19.3 Å². The molecule has 6 heteroatoms. The predicted octanol–water partition coefficient (Wildman–Crippen LogP) is 2.17. The lowest BCUT2D eigenvalue weighted by atomic mass is 9.58. The van der Waals surface area contributed by atoms with Gasteiger partial charge in [-0.15, -0.1) is 0 Å². The van der Waals surface area contributed by atoms with Crippen LogP contribution in [0.4, 0.5) is 0 Å². The molecule has 0 amide bonds. The molecule has 2 bridgehead atoms. The lowest BCUT2D eigenvalue weighted by Crippen LogP contribution is -2.70. The van der Waals surface area contributed by atoms with E-state index in [-0.39, 0.29) is 12.2 Å². The molecule has 23 heavy (non-hydrogen) atoms. The maximum atomic E-state index is 6.26. The molecule has 5 fully saturated rings. The van der Waals surface area contributed by atoms with E-state index in [2.05, 4.69) is 13.8 Å². The van der Waals surface area contributed by atoms with Crippen molar-refractivity contribution in [1.82, 2.24) is 0 Å². The van der Waals surface area contributed by atoms with E-state index < -0.39 is 17.7 Å². The van der Waals surface area contributed by atoms with E-state index in [1.165, 1.54) is 6.42 Å². The summed E-state index contributed by atoms with van der Waals surface area (Å²) in [6.07, 6.45) is 3.46. The van der Waals surface area contributed by atoms with Gasteiger partial charge >= 0.3 is 0 Å². The summed E-state index contributed by atoms with van der Waals surface area (Å²) in [5, 5.41) is 0. The van der Waals surface area contributed by atoms with Gasteiger partial charge in [0.2, 0.25) is 5.79 Å². The van der Waals surface area contributed by atoms with Gasteiger partial charge < -0.3 is 19.9 Å². The molecule has 1 saturated carbocycles. The standard InChI is InChI=1S/C17H29NO5/c1-10-4-5-13-11(2)14(19-9-8-18)20-15-17(13)12(10)6-7-16(3,21-15)22-23-17/h10-15H,4-9,18H2,1-3H3/t10-,11-,12?,13?,14+,15+,16?,17-/m1/s1. The number of rotatable bonds is 3. The first-order valence-electron chi connectivity index (χ1n) is 9.02. The molecular formula is C17H29NO5. The molecule has 6 nitrogen and oxygen atoms in total. The van der Waals surface area contributed by atoms with Crippen molar-refractivity contribution >= 4 is 0 Å². The van der Waals surface area contributed by atoms with Gasteiger partial charge in [0.05, 0.1) is 6.61 Å². The number of hydrogen-bond acceptors (Lipinski definition) is 6. The average Bonchev–Trinajstić information content (AvgIpc) is 2.76. The van der Waals surface area contributed by atoms with Crippen LogP contribution in [0, 0.1) is 23.7 Å². The van der Waals surface area contributed by atoms with Gasteiger partial charge in [-0.2, -0.15) is 0 Å². The fourth-order valence-corrected chi connectivity index (χ4v) is 5.25. The summed E-state index contributed by atoms with van der Waals surface area (Å²) in [6, 6.07) is 0. The van der Waals surface area contributed by atoms with Gasteiger partial charge in [0.1, 0.15) is 0 Å². The molecule has 0 aromatic carbocycles. The van der Waals surface area contributed by atoms with E-state index in [4.69, 9.17) is 29.7 Å². The van der Waals surface area contributed by atoms with E-state index >= 15 is 0 Å². The van der Waals surface area contributed by atoms with Crippen LogP contribution in [0.5, 0.6) is 0 Å². The van der Waals surface area contributed by atoms with E-state index in [9.17, 15) is 0 Å². The number of nitrogens with two attached hydrogens (primary N) is 1. The molecule has 2 N–H and O–H groups in total. The van der Waals surface area contributed by atoms with Gasteiger partial charge in [0.25, 0.3) is 0 Å². The molecule has 8 atom stereocenters. The van der Waals surface area contributed by atoms with Gasteiger partial charge in [0.15, 0.2) is 18.2 Å². The highest BCUT2D eigenvalue weighted by atomic mass is 17.3. The smallest absolute Gasteiger partial charge is 0.201 e. The quantitative estimate of drug-likeness (QED) is 0.801. The molecule has 4 heterocycles. The summed E-state index contributed by atoms with van der Waals surface area (Å²) < 4.78 is 18.4. The Morgan fingerprint density at radius 1 is 1.13 bits per heavy atom. The molecule has 4 aliphatic heterocycles. The highest BCUT2D eigenvalue weighted by Gasteiger charge is 2.69. The minimum absolute atomic E-state index is 0.224. The maximum absolute atomic E-state index is 6.26. The molecule has 1 spiro atoms. The zero-order valence-corrected chi connectivity index (χ0v) is 14.3. The zero-order chi connectivity index (χ0) is 16.2. The topological polar surface area (TPSA) is 72.2 Å². The van der Waals surface area contributed by atoms with E-state index in [0.29, 0.717) is 30.9 Å². The van der Waals surface area contributed by atoms with Gasteiger partial charge in [-0.25, -0.2) is 9.78 Å². The largest absolute Gasteiger partial charge is 0.351 e. The van der Waals surface area contributed by atoms with Crippen LogP contribution in [0.25, 0.3) is 0 Å². The van der Waals surface area contributed by atoms with E-state index in [1.54, 1.807) is 0 Å². The van der Waals surface area contributed by atoms with Crippen LogP contribution in [0.1, 0.15) is 46.5 Å². The first kappa shape index (κ1) is 16.2. The Bertz CT molecular complexity index is 462. The third-order valence-electron chi connectivity index (χ3n) is 6.50. The fourth-order valence-electron chi connectivity index (χ4n) is 5.25. The molecule has 3 unspecified atom stereocenters. The van der Waals surface area contributed by atoms with Gasteiger partial charge in [-0.05, 0) is 38.0 Å². The Hall–Kier alpha value is -0.240. The van der Waals surface area contributed by atoms with Crippen molar-refractivity contribution in [2.45, 2.75) is 70.4 Å². The highest BCUT2D eigenvalue weighted by molar-refractivity contribution is 5.09. The van der Waals surface area contributed by atoms with E-state index in [1.807, 2.05) is 6.92 Å². The number of ether oxygens (including phenoxy) is 3. The average molecular weight is 327 g/mol. The van der Waals surface area contributed by atoms with Crippen molar-refractivity contribution in [1.29, 1.82) is 0 Å². The van der Waals surface area contributed by atoms with Crippen molar-refractivity contribution in [3.05, 3.63) is 0 Å². The molecule has 5 rings (SSSR count). The van der Waals surface area contributed by atoms with Crippen LogP contribution in [0.2, 0.25) is 0 Å². The molecule has 0 aromatic heterocycles. The van der Waals surface area contributed by atoms with Gasteiger partial charge in [-0.1, -0.05) is 13.8 Å². The van der Waals surface area contributed by atoms with Crippen molar-refractivity contribution in [2.24, 2.45) is 29.4 Å². The number of fused-ring (bicyclic) bond motifs is 2. The first-order valence-corrected chi connectivity index (χ1v) is 9.02. The highest BCUT2D eigenvalue weighted by Crippen LogP contribution is 2.60. The van der Waals surface area contributed by atoms with Crippen LogP contribution in [-0.4, -0.2) is 37.1 Å². The fraction of sp³-hybridized carbons (Fsp3) is 1.00. The monoisotopic (exact) mass is 327 g/mol. The zero-order valence-electron chi connectivity index (χ0n) is 14.3. The molecule has 4 saturated heterocycles. The third kappa shape index (κ3) is 2.30. The molecular weight excluding hydrogens is 298 g/mol. The summed E-state index contributed by atoms with van der Waals surface area (Å²) in [7, 11) is 0. The van der Waals surface area contributed by atoms with Crippen LogP contribution in [0.3, 0.4) is 0 Å². The molecule has 1 aliphatic carbocycles. The second-order valence-electron chi connectivity index (χ2n) is 7.93. The Morgan fingerprint density at radius 3 is 2.74 bits per heavy atom. The van der Waals surface area contributed by atoms with Gasteiger partial charge in [-0.3, -0.25) is 0 Å². The summed E-state index contributed by atoms with van der Waals surface area (Å²) in [6.45, 7) is 7.43. The summed E-state index contributed by atoms with van der Waals surface area (Å²) in [5.74, 6) is 0.791. The minimum Gasteiger partial charge on any atom is -0.351 e. The lowest BCUT2D eigenvalue weighted by Gasteiger charge is -2.60. The molecule has 5 aliphatic rings. The molecule has 0 aromatic rings. The second kappa shape index (κ2) is 5.64. The minimum atomic E-state index is -0.726. The van der Waals surface area contributed by atoms with Crippen molar-refractivity contribution in [3.8, 4) is 0 Å². The number of hydrogen-bond donors (Lipinski definition) is 1. The van der Waals surface area contributed by atoms with Crippen LogP contribution in [0.15, 0.2) is 0 Å². The Kier molecular flexibility index (Phi) is 3.99. The predicted molar refractivity (Wildman–Crippen MR) is 81.8 cm³/mol. The lowest BCUT2D eigenvalue weighted by molar-refractivity contribution is -0.577. The first-order chi connectivity index (χ1) is 11.0. The summed E-state index contributed by atoms with van der Waals surface area (Å²) >= 11 is 0. The summed E-state index contributed by atoms with van der Waals surface area (Å²) in [5.41, 5.74) is 5.09. The molecule has 132 valence electrons. The normalized spacial score (nSPS) is 55.3. The Labute approximate surface area is 137 Å². The van der Waals surface area contributed by atoms with Crippen molar-refractivity contribution in [3.63, 3.8) is 0 Å². The molecule has 0 radical (unpaired) electrons. The van der Waals surface area contributed by atoms with Gasteiger partial charge in [0, 0.05) is 24.8 Å². The Morgan fingerprint density at radius 2 is 1.96 bits per heavy atom. The van der Waals surface area contributed by atoms with Crippen LogP contribution >= 0.6 is 0 Å². The Balaban J connectivity index is 1.70. The van der Waals surface area contributed by atoms with Crippen molar-refractivity contribution in [2.75, 3.05) is 13.2 Å². The third-order valence-corrected chi connectivity index (χ3v) is 6.50. The van der Waals surface area contributed by atoms with Crippen LogP contribution < -0.4 is 5.73 Å². The summed E-state index contributed by atoms with van der Waals surface area (Å²) in [4.78, 5) is 11.9. The SMILES string of the molecule is C[C@@H]1CCC2[C@@H](C)[C@@H](OCCN)O[C@H]3OC4(C)CCC1[C@@]23OO4. The van der Waals surface area contributed by atoms with Crippen LogP contribution in [-0.2, 0) is 24.0 Å². The van der Waals surface area contributed by atoms with Crippen molar-refractivity contribution < 1.29 is 24.0 Å². The maximum Gasteiger partial charge on any atom is 0.201 e. The second-order valence-corrected chi connectivity index (χ2v) is 7.93.